The van der Waals surface area contributed by atoms with Gasteiger partial charge in [0.25, 0.3) is 0 Å². The molecule has 1 atom stereocenters. The largest absolute Gasteiger partial charge is 0.395 e. The van der Waals surface area contributed by atoms with E-state index in [4.69, 9.17) is 5.11 Å². The van der Waals surface area contributed by atoms with Crippen molar-refractivity contribution in [1.29, 1.82) is 0 Å². The van der Waals surface area contributed by atoms with E-state index in [2.05, 4.69) is 13.8 Å². The predicted octanol–water partition coefficient (Wildman–Crippen LogP) is 0.873. The molecular weight excluding hydrogens is 166 g/mol. The first-order chi connectivity index (χ1) is 5.85. The lowest BCUT2D eigenvalue weighted by molar-refractivity contribution is -0.136. The number of amides is 1. The average Bonchev–Trinajstić information content (AvgIpc) is 2.52. The number of hydrogen-bond donors (Lipinski definition) is 1. The highest BCUT2D eigenvalue weighted by Crippen LogP contribution is 2.63. The van der Waals surface area contributed by atoms with Crippen molar-refractivity contribution in [3.8, 4) is 0 Å². The van der Waals surface area contributed by atoms with Gasteiger partial charge in [-0.25, -0.2) is 0 Å². The summed E-state index contributed by atoms with van der Waals surface area (Å²) in [4.78, 5) is 13.5. The highest BCUT2D eigenvalue weighted by molar-refractivity contribution is 5.86. The van der Waals surface area contributed by atoms with Gasteiger partial charge in [-0.15, -0.1) is 0 Å². The van der Waals surface area contributed by atoms with Gasteiger partial charge in [0.05, 0.1) is 12.0 Å². The Morgan fingerprint density at radius 1 is 1.46 bits per heavy atom. The van der Waals surface area contributed by atoms with Crippen LogP contribution in [0.25, 0.3) is 0 Å². The summed E-state index contributed by atoms with van der Waals surface area (Å²) in [5.41, 5.74) is -0.0648. The first-order valence-electron chi connectivity index (χ1n) is 4.71. The topological polar surface area (TPSA) is 40.5 Å². The van der Waals surface area contributed by atoms with E-state index in [1.165, 1.54) is 0 Å². The summed E-state index contributed by atoms with van der Waals surface area (Å²) in [5, 5.41) is 8.71. The van der Waals surface area contributed by atoms with Crippen LogP contribution in [0.15, 0.2) is 0 Å². The van der Waals surface area contributed by atoms with E-state index < -0.39 is 0 Å². The molecule has 1 N–H and O–H groups in total. The number of nitrogens with zero attached hydrogens (tertiary/aromatic N) is 1. The predicted molar refractivity (Wildman–Crippen MR) is 51.2 cm³/mol. The fraction of sp³-hybridized carbons (Fsp3) is 0.900. The first-order valence-corrected chi connectivity index (χ1v) is 4.71. The van der Waals surface area contributed by atoms with Crippen molar-refractivity contribution in [2.75, 3.05) is 20.2 Å². The van der Waals surface area contributed by atoms with Gasteiger partial charge in [0, 0.05) is 13.6 Å². The number of rotatable bonds is 3. The van der Waals surface area contributed by atoms with Crippen LogP contribution in [0.1, 0.15) is 27.2 Å². The molecule has 1 rings (SSSR count). The van der Waals surface area contributed by atoms with Crippen LogP contribution < -0.4 is 0 Å². The molecule has 1 saturated carbocycles. The minimum Gasteiger partial charge on any atom is -0.395 e. The van der Waals surface area contributed by atoms with Gasteiger partial charge in [-0.2, -0.15) is 0 Å². The van der Waals surface area contributed by atoms with Crippen LogP contribution in [0.5, 0.6) is 0 Å². The molecule has 0 aromatic rings. The third-order valence-electron chi connectivity index (χ3n) is 3.42. The molecule has 3 heteroatoms. The van der Waals surface area contributed by atoms with E-state index in [0.717, 1.165) is 6.42 Å². The molecule has 1 aliphatic carbocycles. The Hall–Kier alpha value is -0.570. The molecular formula is C10H19NO2. The smallest absolute Gasteiger partial charge is 0.228 e. The first kappa shape index (κ1) is 10.5. The van der Waals surface area contributed by atoms with E-state index in [1.54, 1.807) is 11.9 Å². The molecule has 1 unspecified atom stereocenters. The molecule has 0 heterocycles. The van der Waals surface area contributed by atoms with Crippen molar-refractivity contribution >= 4 is 5.91 Å². The third-order valence-corrected chi connectivity index (χ3v) is 3.42. The standard InChI is InChI=1S/C10H19NO2/c1-9(2)7-10(9,3)8(13)11(4)5-6-12/h12H,5-7H2,1-4H3. The van der Waals surface area contributed by atoms with Crippen LogP contribution in [0.3, 0.4) is 0 Å². The number of hydrogen-bond acceptors (Lipinski definition) is 2. The highest BCUT2D eigenvalue weighted by Gasteiger charge is 2.63. The zero-order valence-corrected chi connectivity index (χ0v) is 8.92. The SMILES string of the molecule is CN(CCO)C(=O)C1(C)CC1(C)C. The van der Waals surface area contributed by atoms with Crippen LogP contribution in [0.4, 0.5) is 0 Å². The van der Waals surface area contributed by atoms with Crippen LogP contribution in [-0.2, 0) is 4.79 Å². The van der Waals surface area contributed by atoms with E-state index in [-0.39, 0.29) is 23.3 Å². The minimum absolute atomic E-state index is 0.0404. The lowest BCUT2D eigenvalue weighted by Gasteiger charge is -2.22. The molecule has 3 nitrogen and oxygen atoms in total. The van der Waals surface area contributed by atoms with Gasteiger partial charge in [-0.3, -0.25) is 4.79 Å². The van der Waals surface area contributed by atoms with E-state index in [9.17, 15) is 4.79 Å². The van der Waals surface area contributed by atoms with Gasteiger partial charge >= 0.3 is 0 Å². The van der Waals surface area contributed by atoms with Gasteiger partial charge < -0.3 is 10.0 Å². The summed E-state index contributed by atoms with van der Waals surface area (Å²) in [6, 6.07) is 0. The highest BCUT2D eigenvalue weighted by atomic mass is 16.3. The monoisotopic (exact) mass is 185 g/mol. The molecule has 0 aromatic heterocycles. The van der Waals surface area contributed by atoms with Crippen LogP contribution in [-0.4, -0.2) is 36.1 Å². The van der Waals surface area contributed by atoms with Gasteiger partial charge in [0.1, 0.15) is 0 Å². The molecule has 0 aliphatic heterocycles. The number of carbonyl (C=O) groups excluding carboxylic acids is 1. The molecule has 0 saturated heterocycles. The lowest BCUT2D eigenvalue weighted by atomic mass is 9.97. The quantitative estimate of drug-likeness (QED) is 0.709. The molecule has 0 radical (unpaired) electrons. The Morgan fingerprint density at radius 2 is 1.92 bits per heavy atom. The Kier molecular flexibility index (Phi) is 2.41. The van der Waals surface area contributed by atoms with Crippen LogP contribution >= 0.6 is 0 Å². The Bertz CT molecular complexity index is 225. The average molecular weight is 185 g/mol. The molecule has 13 heavy (non-hydrogen) atoms. The minimum atomic E-state index is -0.197. The maximum Gasteiger partial charge on any atom is 0.228 e. The zero-order chi connectivity index (χ0) is 10.3. The maximum atomic E-state index is 11.8. The van der Waals surface area contributed by atoms with Gasteiger partial charge in [0.2, 0.25) is 5.91 Å². The molecule has 0 bridgehead atoms. The van der Waals surface area contributed by atoms with Gasteiger partial charge in [-0.05, 0) is 11.8 Å². The number of likely N-dealkylation sites (N-methyl/N-ethyl adjacent to an activating group) is 1. The molecule has 0 spiro atoms. The second kappa shape index (κ2) is 2.98. The Balaban J connectivity index is 2.60. The fourth-order valence-electron chi connectivity index (χ4n) is 1.88. The van der Waals surface area contributed by atoms with E-state index in [1.807, 2.05) is 6.92 Å². The van der Waals surface area contributed by atoms with Gasteiger partial charge in [0.15, 0.2) is 0 Å². The van der Waals surface area contributed by atoms with Crippen molar-refractivity contribution in [2.24, 2.45) is 10.8 Å². The number of aliphatic hydroxyl groups excluding tert-OH is 1. The molecule has 1 fully saturated rings. The Morgan fingerprint density at radius 3 is 2.23 bits per heavy atom. The summed E-state index contributed by atoms with van der Waals surface area (Å²) in [6.45, 7) is 6.70. The summed E-state index contributed by atoms with van der Waals surface area (Å²) in [6.07, 6.45) is 0.953. The molecule has 1 amide bonds. The van der Waals surface area contributed by atoms with Crippen molar-refractivity contribution < 1.29 is 9.90 Å². The second-order valence-corrected chi connectivity index (χ2v) is 4.84. The zero-order valence-electron chi connectivity index (χ0n) is 8.92. The third kappa shape index (κ3) is 1.57. The van der Waals surface area contributed by atoms with Crippen molar-refractivity contribution in [3.05, 3.63) is 0 Å². The maximum absolute atomic E-state index is 11.8. The van der Waals surface area contributed by atoms with Gasteiger partial charge in [-0.1, -0.05) is 20.8 Å². The van der Waals surface area contributed by atoms with Crippen LogP contribution in [0, 0.1) is 10.8 Å². The van der Waals surface area contributed by atoms with Crippen molar-refractivity contribution in [1.82, 2.24) is 4.90 Å². The molecule has 0 aromatic carbocycles. The summed E-state index contributed by atoms with van der Waals surface area (Å²) in [5.74, 6) is 0.159. The normalized spacial score (nSPS) is 29.9. The van der Waals surface area contributed by atoms with Crippen molar-refractivity contribution in [2.45, 2.75) is 27.2 Å². The summed E-state index contributed by atoms with van der Waals surface area (Å²) >= 11 is 0. The molecule has 76 valence electrons. The fourth-order valence-corrected chi connectivity index (χ4v) is 1.88. The summed E-state index contributed by atoms with van der Waals surface area (Å²) in [7, 11) is 1.75. The Labute approximate surface area is 79.7 Å². The summed E-state index contributed by atoms with van der Waals surface area (Å²) < 4.78 is 0. The van der Waals surface area contributed by atoms with Crippen LogP contribution in [0.2, 0.25) is 0 Å². The number of aliphatic hydroxyl groups is 1. The second-order valence-electron chi connectivity index (χ2n) is 4.84. The molecule has 1 aliphatic rings. The van der Waals surface area contributed by atoms with E-state index >= 15 is 0 Å². The number of carbonyl (C=O) groups is 1. The lowest BCUT2D eigenvalue weighted by Crippen LogP contribution is -2.36. The van der Waals surface area contributed by atoms with E-state index in [0.29, 0.717) is 6.54 Å². The van der Waals surface area contributed by atoms with Crippen molar-refractivity contribution in [3.63, 3.8) is 0 Å².